The second-order valence-electron chi connectivity index (χ2n) is 6.38. The fourth-order valence-corrected chi connectivity index (χ4v) is 3.19. The summed E-state index contributed by atoms with van der Waals surface area (Å²) in [6, 6.07) is 7.90. The quantitative estimate of drug-likeness (QED) is 0.685. The number of hydrogen-bond acceptors (Lipinski definition) is 5. The number of rotatable bonds is 3. The van der Waals surface area contributed by atoms with Crippen molar-refractivity contribution in [2.45, 2.75) is 38.6 Å². The average Bonchev–Trinajstić information content (AvgIpc) is 3.15. The molecule has 1 fully saturated rings. The Balaban J connectivity index is 0.00000182. The van der Waals surface area contributed by atoms with Crippen LogP contribution >= 0.6 is 28.3 Å². The van der Waals surface area contributed by atoms with Crippen LogP contribution in [0.2, 0.25) is 0 Å². The van der Waals surface area contributed by atoms with E-state index in [-0.39, 0.29) is 12.4 Å². The number of halogens is 2. The molecule has 1 aromatic carbocycles. The fraction of sp³-hybridized carbons (Fsp3) is 0.353. The van der Waals surface area contributed by atoms with Crippen LogP contribution in [0.4, 0.5) is 0 Å². The predicted octanol–water partition coefficient (Wildman–Crippen LogP) is 4.06. The lowest BCUT2D eigenvalue weighted by atomic mass is 9.77. The van der Waals surface area contributed by atoms with Gasteiger partial charge in [0.25, 0.3) is 5.89 Å². The molecule has 8 heteroatoms. The first-order chi connectivity index (χ1) is 11.5. The Kier molecular flexibility index (Phi) is 4.74. The monoisotopic (exact) mass is 423 g/mol. The molecule has 0 radical (unpaired) electrons. The predicted molar refractivity (Wildman–Crippen MR) is 101 cm³/mol. The van der Waals surface area contributed by atoms with Gasteiger partial charge in [0.15, 0.2) is 5.82 Å². The van der Waals surface area contributed by atoms with Crippen LogP contribution in [0.15, 0.2) is 33.3 Å². The summed E-state index contributed by atoms with van der Waals surface area (Å²) in [5.74, 6) is 1.11. The first-order valence-corrected chi connectivity index (χ1v) is 8.73. The van der Waals surface area contributed by atoms with Gasteiger partial charge in [-0.15, -0.1) is 12.4 Å². The normalized spacial score (nSPS) is 15.5. The van der Waals surface area contributed by atoms with Crippen molar-refractivity contribution in [1.82, 2.24) is 19.9 Å². The lowest BCUT2D eigenvalue weighted by Gasteiger charge is -2.34. The molecule has 0 bridgehead atoms. The Morgan fingerprint density at radius 3 is 2.40 bits per heavy atom. The Labute approximate surface area is 160 Å². The molecule has 0 spiro atoms. The minimum Gasteiger partial charge on any atom is -0.334 e. The van der Waals surface area contributed by atoms with Crippen LogP contribution in [-0.4, -0.2) is 19.9 Å². The Bertz CT molecular complexity index is 898. The molecule has 2 aromatic heterocycles. The van der Waals surface area contributed by atoms with Crippen LogP contribution in [0, 0.1) is 13.8 Å². The second-order valence-corrected chi connectivity index (χ2v) is 7.17. The SMILES string of the molecule is Cc1nn(-c2ccc(-c3nc(C4(N)CCC4)no3)cc2)c(C)c1Br.Cl. The summed E-state index contributed by atoms with van der Waals surface area (Å²) in [6.45, 7) is 4.01. The third kappa shape index (κ3) is 3.01. The van der Waals surface area contributed by atoms with Gasteiger partial charge in [-0.3, -0.25) is 0 Å². The number of benzene rings is 1. The number of aromatic nitrogens is 4. The van der Waals surface area contributed by atoms with Crippen LogP contribution in [0.1, 0.15) is 36.5 Å². The topological polar surface area (TPSA) is 82.8 Å². The van der Waals surface area contributed by atoms with E-state index in [0.717, 1.165) is 46.4 Å². The van der Waals surface area contributed by atoms with E-state index >= 15 is 0 Å². The van der Waals surface area contributed by atoms with Crippen molar-refractivity contribution in [1.29, 1.82) is 0 Å². The Hall–Kier alpha value is -1.70. The third-order valence-electron chi connectivity index (χ3n) is 4.68. The largest absolute Gasteiger partial charge is 0.334 e. The molecule has 1 aliphatic carbocycles. The lowest BCUT2D eigenvalue weighted by molar-refractivity contribution is 0.229. The molecule has 3 aromatic rings. The van der Waals surface area contributed by atoms with Crippen LogP contribution in [0.5, 0.6) is 0 Å². The average molecular weight is 425 g/mol. The highest BCUT2D eigenvalue weighted by Gasteiger charge is 2.39. The highest BCUT2D eigenvalue weighted by molar-refractivity contribution is 9.10. The smallest absolute Gasteiger partial charge is 0.257 e. The molecule has 0 unspecified atom stereocenters. The van der Waals surface area contributed by atoms with Gasteiger partial charge >= 0.3 is 0 Å². The van der Waals surface area contributed by atoms with Crippen molar-refractivity contribution in [3.05, 3.63) is 46.0 Å². The molecule has 0 saturated heterocycles. The van der Waals surface area contributed by atoms with E-state index in [0.29, 0.717) is 11.7 Å². The minimum absolute atomic E-state index is 0. The summed E-state index contributed by atoms with van der Waals surface area (Å²) in [5, 5.41) is 8.60. The van der Waals surface area contributed by atoms with E-state index in [2.05, 4.69) is 31.2 Å². The highest BCUT2D eigenvalue weighted by Crippen LogP contribution is 2.37. The molecule has 132 valence electrons. The highest BCUT2D eigenvalue weighted by atomic mass is 79.9. The third-order valence-corrected chi connectivity index (χ3v) is 5.83. The first kappa shape index (κ1) is 18.1. The Morgan fingerprint density at radius 1 is 1.20 bits per heavy atom. The van der Waals surface area contributed by atoms with E-state index < -0.39 is 5.54 Å². The van der Waals surface area contributed by atoms with Gasteiger partial charge in [0.05, 0.1) is 27.1 Å². The summed E-state index contributed by atoms with van der Waals surface area (Å²) in [5.41, 5.74) is 9.73. The zero-order valence-corrected chi connectivity index (χ0v) is 16.4. The summed E-state index contributed by atoms with van der Waals surface area (Å²) >= 11 is 3.55. The van der Waals surface area contributed by atoms with E-state index in [4.69, 9.17) is 10.3 Å². The van der Waals surface area contributed by atoms with Crippen molar-refractivity contribution >= 4 is 28.3 Å². The first-order valence-electron chi connectivity index (χ1n) is 7.93. The molecule has 4 rings (SSSR count). The molecule has 1 aliphatic rings. The summed E-state index contributed by atoms with van der Waals surface area (Å²) in [6.07, 6.45) is 2.95. The van der Waals surface area contributed by atoms with E-state index in [1.54, 1.807) is 0 Å². The van der Waals surface area contributed by atoms with Crippen molar-refractivity contribution in [2.75, 3.05) is 0 Å². The van der Waals surface area contributed by atoms with Crippen LogP contribution in [0.25, 0.3) is 17.1 Å². The van der Waals surface area contributed by atoms with Gasteiger partial charge in [-0.05, 0) is 73.3 Å². The zero-order valence-electron chi connectivity index (χ0n) is 14.0. The summed E-state index contributed by atoms with van der Waals surface area (Å²) < 4.78 is 8.33. The fourth-order valence-electron chi connectivity index (χ4n) is 2.94. The maximum Gasteiger partial charge on any atom is 0.257 e. The van der Waals surface area contributed by atoms with Gasteiger partial charge < -0.3 is 10.3 Å². The molecule has 1 saturated carbocycles. The molecule has 25 heavy (non-hydrogen) atoms. The number of aryl methyl sites for hydroxylation is 1. The molecule has 0 aliphatic heterocycles. The molecular formula is C17H19BrClN5O. The molecule has 2 N–H and O–H groups in total. The van der Waals surface area contributed by atoms with Crippen molar-refractivity contribution < 1.29 is 4.52 Å². The molecule has 0 atom stereocenters. The van der Waals surface area contributed by atoms with E-state index in [1.807, 2.05) is 42.8 Å². The number of hydrogen-bond donors (Lipinski definition) is 1. The van der Waals surface area contributed by atoms with Gasteiger partial charge in [0.2, 0.25) is 0 Å². The van der Waals surface area contributed by atoms with E-state index in [9.17, 15) is 0 Å². The van der Waals surface area contributed by atoms with Crippen molar-refractivity contribution in [2.24, 2.45) is 5.73 Å². The van der Waals surface area contributed by atoms with Crippen molar-refractivity contribution in [3.63, 3.8) is 0 Å². The number of nitrogens with zero attached hydrogens (tertiary/aromatic N) is 4. The van der Waals surface area contributed by atoms with Gasteiger partial charge in [-0.25, -0.2) is 4.68 Å². The van der Waals surface area contributed by atoms with E-state index in [1.165, 1.54) is 0 Å². The van der Waals surface area contributed by atoms with Gasteiger partial charge in [-0.2, -0.15) is 10.1 Å². The maximum absolute atomic E-state index is 6.25. The second kappa shape index (κ2) is 6.55. The summed E-state index contributed by atoms with van der Waals surface area (Å²) in [7, 11) is 0. The van der Waals surface area contributed by atoms with Crippen LogP contribution in [-0.2, 0) is 5.54 Å². The minimum atomic E-state index is -0.405. The maximum atomic E-state index is 6.25. The molecule has 0 amide bonds. The molecule has 2 heterocycles. The number of nitrogens with two attached hydrogens (primary N) is 1. The van der Waals surface area contributed by atoms with Gasteiger partial charge in [0.1, 0.15) is 0 Å². The Morgan fingerprint density at radius 2 is 1.88 bits per heavy atom. The summed E-state index contributed by atoms with van der Waals surface area (Å²) in [4.78, 5) is 4.48. The molecule has 6 nitrogen and oxygen atoms in total. The van der Waals surface area contributed by atoms with Gasteiger partial charge in [-0.1, -0.05) is 5.16 Å². The van der Waals surface area contributed by atoms with Crippen LogP contribution < -0.4 is 5.73 Å². The molecular weight excluding hydrogens is 406 g/mol. The van der Waals surface area contributed by atoms with Crippen molar-refractivity contribution in [3.8, 4) is 17.1 Å². The van der Waals surface area contributed by atoms with Gasteiger partial charge in [0, 0.05) is 5.56 Å². The lowest BCUT2D eigenvalue weighted by Crippen LogP contribution is -2.44. The standard InChI is InChI=1S/C17H18BrN5O.ClH/c1-10-14(18)11(2)23(21-10)13-6-4-12(5-7-13)15-20-16(22-24-15)17(19)8-3-9-17;/h4-7H,3,8-9,19H2,1-2H3;1H. The zero-order chi connectivity index (χ0) is 16.9. The van der Waals surface area contributed by atoms with Crippen LogP contribution in [0.3, 0.4) is 0 Å².